The molecule has 100 valence electrons. The van der Waals surface area contributed by atoms with Crippen LogP contribution in [-0.2, 0) is 0 Å². The summed E-state index contributed by atoms with van der Waals surface area (Å²) in [4.78, 5) is 12.6. The van der Waals surface area contributed by atoms with Gasteiger partial charge >= 0.3 is 0 Å². The molecule has 0 bridgehead atoms. The highest BCUT2D eigenvalue weighted by Crippen LogP contribution is 2.22. The number of aryl methyl sites for hydroxylation is 1. The summed E-state index contributed by atoms with van der Waals surface area (Å²) in [6.07, 6.45) is 0.995. The van der Waals surface area contributed by atoms with Crippen LogP contribution in [0.3, 0.4) is 0 Å². The molecule has 18 heavy (non-hydrogen) atoms. The maximum Gasteiger partial charge on any atom is 0.274 e. The fraction of sp³-hybridized carbons (Fsp3) is 0.538. The molecule has 5 heteroatoms. The molecule has 0 aliphatic carbocycles. The second kappa shape index (κ2) is 6.35. The van der Waals surface area contributed by atoms with Gasteiger partial charge in [-0.15, -0.1) is 0 Å². The van der Waals surface area contributed by atoms with E-state index >= 15 is 0 Å². The Morgan fingerprint density at radius 2 is 2.11 bits per heavy atom. The van der Waals surface area contributed by atoms with Crippen molar-refractivity contribution in [2.24, 2.45) is 0 Å². The Kier molecular flexibility index (Phi) is 5.09. The summed E-state index contributed by atoms with van der Waals surface area (Å²) < 4.78 is 0. The third kappa shape index (κ3) is 4.33. The van der Waals surface area contributed by atoms with Crippen LogP contribution in [0.5, 0.6) is 0 Å². The lowest BCUT2D eigenvalue weighted by atomic mass is 10.1. The zero-order valence-corrected chi connectivity index (χ0v) is 11.4. The molecule has 0 saturated carbocycles. The van der Waals surface area contributed by atoms with Crippen LogP contribution in [0.4, 0.5) is 11.4 Å². The van der Waals surface area contributed by atoms with Crippen molar-refractivity contribution in [1.29, 1.82) is 0 Å². The van der Waals surface area contributed by atoms with E-state index in [9.17, 15) is 10.1 Å². The predicted octanol–water partition coefficient (Wildman–Crippen LogP) is 2.66. The van der Waals surface area contributed by atoms with E-state index < -0.39 is 0 Å². The molecule has 0 aliphatic rings. The highest BCUT2D eigenvalue weighted by molar-refractivity contribution is 5.55. The van der Waals surface area contributed by atoms with Crippen molar-refractivity contribution in [1.82, 2.24) is 4.90 Å². The van der Waals surface area contributed by atoms with Crippen LogP contribution in [-0.4, -0.2) is 36.5 Å². The van der Waals surface area contributed by atoms with Gasteiger partial charge in [0.25, 0.3) is 5.69 Å². The van der Waals surface area contributed by atoms with Crippen molar-refractivity contribution in [2.45, 2.75) is 26.3 Å². The van der Waals surface area contributed by atoms with E-state index in [0.29, 0.717) is 5.56 Å². The summed E-state index contributed by atoms with van der Waals surface area (Å²) in [5.41, 5.74) is 1.66. The van der Waals surface area contributed by atoms with E-state index in [2.05, 4.69) is 17.1 Å². The standard InChI is InChI=1S/C13H21N3O2/c1-10-5-6-12(9-13(10)16(17)18)14-11(2)7-8-15(3)4/h5-6,9,11,14H,7-8H2,1-4H3. The molecule has 0 saturated heterocycles. The quantitative estimate of drug-likeness (QED) is 0.623. The summed E-state index contributed by atoms with van der Waals surface area (Å²) in [6.45, 7) is 4.81. The molecular formula is C13H21N3O2. The molecule has 1 atom stereocenters. The Labute approximate surface area is 108 Å². The highest BCUT2D eigenvalue weighted by Gasteiger charge is 2.12. The first-order valence-electron chi connectivity index (χ1n) is 6.06. The SMILES string of the molecule is Cc1ccc(NC(C)CCN(C)C)cc1[N+](=O)[O-]. The molecule has 5 nitrogen and oxygen atoms in total. The topological polar surface area (TPSA) is 58.4 Å². The fourth-order valence-corrected chi connectivity index (χ4v) is 1.70. The number of hydrogen-bond acceptors (Lipinski definition) is 4. The van der Waals surface area contributed by atoms with Crippen molar-refractivity contribution in [2.75, 3.05) is 26.0 Å². The van der Waals surface area contributed by atoms with Crippen LogP contribution in [0.25, 0.3) is 0 Å². The monoisotopic (exact) mass is 251 g/mol. The third-order valence-corrected chi connectivity index (χ3v) is 2.83. The molecular weight excluding hydrogens is 230 g/mol. The Bertz CT molecular complexity index is 419. The van der Waals surface area contributed by atoms with Crippen LogP contribution in [0.2, 0.25) is 0 Å². The third-order valence-electron chi connectivity index (χ3n) is 2.83. The lowest BCUT2D eigenvalue weighted by Gasteiger charge is -2.17. The van der Waals surface area contributed by atoms with E-state index in [-0.39, 0.29) is 16.7 Å². The van der Waals surface area contributed by atoms with Gasteiger partial charge in [0.05, 0.1) is 4.92 Å². The number of rotatable bonds is 6. The second-order valence-electron chi connectivity index (χ2n) is 4.90. The molecule has 1 N–H and O–H groups in total. The van der Waals surface area contributed by atoms with E-state index in [0.717, 1.165) is 18.7 Å². The molecule has 1 rings (SSSR count). The van der Waals surface area contributed by atoms with E-state index in [1.54, 1.807) is 19.1 Å². The summed E-state index contributed by atoms with van der Waals surface area (Å²) in [5, 5.41) is 14.1. The lowest BCUT2D eigenvalue weighted by Crippen LogP contribution is -2.23. The first-order chi connectivity index (χ1) is 8.40. The molecule has 1 unspecified atom stereocenters. The normalized spacial score (nSPS) is 12.5. The smallest absolute Gasteiger partial charge is 0.274 e. The Morgan fingerprint density at radius 1 is 1.44 bits per heavy atom. The lowest BCUT2D eigenvalue weighted by molar-refractivity contribution is -0.385. The van der Waals surface area contributed by atoms with Gasteiger partial charge in [0, 0.05) is 23.4 Å². The minimum atomic E-state index is -0.342. The fourth-order valence-electron chi connectivity index (χ4n) is 1.70. The Balaban J connectivity index is 2.67. The number of benzene rings is 1. The molecule has 0 spiro atoms. The number of nitrogens with zero attached hydrogens (tertiary/aromatic N) is 2. The van der Waals surface area contributed by atoms with Gasteiger partial charge in [0.2, 0.25) is 0 Å². The van der Waals surface area contributed by atoms with Gasteiger partial charge in [-0.25, -0.2) is 0 Å². The number of nitrogens with one attached hydrogen (secondary N) is 1. The van der Waals surface area contributed by atoms with Crippen LogP contribution in [0, 0.1) is 17.0 Å². The first-order valence-corrected chi connectivity index (χ1v) is 6.06. The van der Waals surface area contributed by atoms with Crippen molar-refractivity contribution in [3.63, 3.8) is 0 Å². The zero-order valence-electron chi connectivity index (χ0n) is 11.4. The van der Waals surface area contributed by atoms with Gasteiger partial charge in [-0.2, -0.15) is 0 Å². The van der Waals surface area contributed by atoms with Gasteiger partial charge in [0.15, 0.2) is 0 Å². The van der Waals surface area contributed by atoms with Crippen molar-refractivity contribution in [3.8, 4) is 0 Å². The first kappa shape index (κ1) is 14.4. The van der Waals surface area contributed by atoms with E-state index in [4.69, 9.17) is 0 Å². The molecule has 1 aromatic carbocycles. The van der Waals surface area contributed by atoms with E-state index in [1.807, 2.05) is 20.2 Å². The average molecular weight is 251 g/mol. The minimum absolute atomic E-state index is 0.166. The zero-order chi connectivity index (χ0) is 13.7. The molecule has 0 amide bonds. The minimum Gasteiger partial charge on any atom is -0.382 e. The van der Waals surface area contributed by atoms with E-state index in [1.165, 1.54) is 0 Å². The Hall–Kier alpha value is -1.62. The maximum atomic E-state index is 10.8. The summed E-state index contributed by atoms with van der Waals surface area (Å²) in [7, 11) is 4.06. The van der Waals surface area contributed by atoms with Gasteiger partial charge < -0.3 is 10.2 Å². The van der Waals surface area contributed by atoms with Gasteiger partial charge in [-0.05, 0) is 47.0 Å². The summed E-state index contributed by atoms with van der Waals surface area (Å²) >= 11 is 0. The number of hydrogen-bond donors (Lipinski definition) is 1. The van der Waals surface area contributed by atoms with Crippen LogP contribution in [0.1, 0.15) is 18.9 Å². The molecule has 1 aromatic rings. The predicted molar refractivity (Wildman–Crippen MR) is 74.1 cm³/mol. The maximum absolute atomic E-state index is 10.8. The molecule has 0 heterocycles. The van der Waals surface area contributed by atoms with Gasteiger partial charge in [-0.1, -0.05) is 6.07 Å². The largest absolute Gasteiger partial charge is 0.382 e. The van der Waals surface area contributed by atoms with Crippen LogP contribution in [0.15, 0.2) is 18.2 Å². The van der Waals surface area contributed by atoms with Gasteiger partial charge in [0.1, 0.15) is 0 Å². The second-order valence-corrected chi connectivity index (χ2v) is 4.90. The molecule has 0 aromatic heterocycles. The van der Waals surface area contributed by atoms with Gasteiger partial charge in [-0.3, -0.25) is 10.1 Å². The Morgan fingerprint density at radius 3 is 2.67 bits per heavy atom. The number of nitro benzene ring substituents is 1. The summed E-state index contributed by atoms with van der Waals surface area (Å²) in [5.74, 6) is 0. The highest BCUT2D eigenvalue weighted by atomic mass is 16.6. The summed E-state index contributed by atoms with van der Waals surface area (Å²) in [6, 6.07) is 5.55. The number of anilines is 1. The van der Waals surface area contributed by atoms with Crippen molar-refractivity contribution < 1.29 is 4.92 Å². The van der Waals surface area contributed by atoms with Crippen LogP contribution < -0.4 is 5.32 Å². The van der Waals surface area contributed by atoms with Crippen LogP contribution >= 0.6 is 0 Å². The van der Waals surface area contributed by atoms with Crippen molar-refractivity contribution >= 4 is 11.4 Å². The van der Waals surface area contributed by atoms with Crippen molar-refractivity contribution in [3.05, 3.63) is 33.9 Å². The molecule has 0 aliphatic heterocycles. The number of nitro groups is 1. The molecule has 0 fully saturated rings. The molecule has 0 radical (unpaired) electrons. The average Bonchev–Trinajstić information content (AvgIpc) is 2.28.